The lowest BCUT2D eigenvalue weighted by Gasteiger charge is -2.29. The molecule has 0 spiro atoms. The highest BCUT2D eigenvalue weighted by molar-refractivity contribution is 14.1. The third kappa shape index (κ3) is 2.32. The maximum absolute atomic E-state index is 5.84. The smallest absolute Gasteiger partial charge is 0.120 e. The first-order valence-electron chi connectivity index (χ1n) is 5.79. The van der Waals surface area contributed by atoms with Crippen molar-refractivity contribution >= 4 is 22.6 Å². The average molecular weight is 336 g/mol. The summed E-state index contributed by atoms with van der Waals surface area (Å²) in [5.41, 5.74) is 2.93. The van der Waals surface area contributed by atoms with Crippen LogP contribution in [0.25, 0.3) is 0 Å². The molecule has 17 heavy (non-hydrogen) atoms. The van der Waals surface area contributed by atoms with E-state index in [0.717, 1.165) is 18.8 Å². The SMILES string of the molecule is Ic1cccc(OCC2Cc3ccccc32)c1. The summed E-state index contributed by atoms with van der Waals surface area (Å²) in [5.74, 6) is 1.55. The predicted molar refractivity (Wildman–Crippen MR) is 77.5 cm³/mol. The van der Waals surface area contributed by atoms with Crippen molar-refractivity contribution < 1.29 is 4.74 Å². The lowest BCUT2D eigenvalue weighted by Crippen LogP contribution is -2.23. The van der Waals surface area contributed by atoms with Gasteiger partial charge in [-0.05, 0) is 58.3 Å². The zero-order chi connectivity index (χ0) is 11.7. The summed E-state index contributed by atoms with van der Waals surface area (Å²) in [6.45, 7) is 0.789. The van der Waals surface area contributed by atoms with Crippen LogP contribution < -0.4 is 4.74 Å². The molecule has 0 aromatic heterocycles. The van der Waals surface area contributed by atoms with Gasteiger partial charge in [0.25, 0.3) is 0 Å². The van der Waals surface area contributed by atoms with Crippen LogP contribution in [0, 0.1) is 3.57 Å². The van der Waals surface area contributed by atoms with Crippen molar-refractivity contribution in [2.75, 3.05) is 6.61 Å². The van der Waals surface area contributed by atoms with Gasteiger partial charge >= 0.3 is 0 Å². The van der Waals surface area contributed by atoms with Crippen molar-refractivity contribution in [3.05, 3.63) is 63.2 Å². The monoisotopic (exact) mass is 336 g/mol. The Balaban J connectivity index is 1.64. The summed E-state index contributed by atoms with van der Waals surface area (Å²) in [4.78, 5) is 0. The van der Waals surface area contributed by atoms with Gasteiger partial charge in [0, 0.05) is 9.49 Å². The van der Waals surface area contributed by atoms with Crippen LogP contribution in [-0.4, -0.2) is 6.61 Å². The first-order chi connectivity index (χ1) is 8.33. The second kappa shape index (κ2) is 4.69. The molecule has 1 unspecified atom stereocenters. The molecule has 0 heterocycles. The van der Waals surface area contributed by atoms with E-state index in [-0.39, 0.29) is 0 Å². The van der Waals surface area contributed by atoms with E-state index < -0.39 is 0 Å². The minimum atomic E-state index is 0.573. The van der Waals surface area contributed by atoms with Crippen molar-refractivity contribution in [2.45, 2.75) is 12.3 Å². The maximum atomic E-state index is 5.84. The van der Waals surface area contributed by atoms with Gasteiger partial charge in [-0.1, -0.05) is 30.3 Å². The Labute approximate surface area is 115 Å². The van der Waals surface area contributed by atoms with Crippen LogP contribution in [0.1, 0.15) is 17.0 Å². The molecule has 1 nitrogen and oxygen atoms in total. The number of fused-ring (bicyclic) bond motifs is 1. The highest BCUT2D eigenvalue weighted by Gasteiger charge is 2.25. The van der Waals surface area contributed by atoms with E-state index in [1.807, 2.05) is 12.1 Å². The standard InChI is InChI=1S/C15H13IO/c16-13-5-3-6-14(9-13)17-10-12-8-11-4-1-2-7-15(11)12/h1-7,9,12H,8,10H2. The summed E-state index contributed by atoms with van der Waals surface area (Å²) in [5, 5.41) is 0. The molecule has 0 fully saturated rings. The van der Waals surface area contributed by atoms with Crippen molar-refractivity contribution in [3.63, 3.8) is 0 Å². The molecule has 2 aromatic carbocycles. The number of halogens is 1. The van der Waals surface area contributed by atoms with E-state index in [2.05, 4.69) is 59.0 Å². The van der Waals surface area contributed by atoms with Gasteiger partial charge < -0.3 is 4.74 Å². The molecule has 1 aliphatic carbocycles. The van der Waals surface area contributed by atoms with E-state index in [9.17, 15) is 0 Å². The summed E-state index contributed by atoms with van der Waals surface area (Å²) >= 11 is 2.31. The minimum absolute atomic E-state index is 0.573. The Morgan fingerprint density at radius 1 is 1.12 bits per heavy atom. The molecule has 0 amide bonds. The zero-order valence-electron chi connectivity index (χ0n) is 9.40. The largest absolute Gasteiger partial charge is 0.493 e. The highest BCUT2D eigenvalue weighted by atomic mass is 127. The Kier molecular flexibility index (Phi) is 3.05. The molecule has 1 atom stereocenters. The quantitative estimate of drug-likeness (QED) is 0.770. The lowest BCUT2D eigenvalue weighted by atomic mass is 9.78. The van der Waals surface area contributed by atoms with E-state index in [1.54, 1.807) is 0 Å². The van der Waals surface area contributed by atoms with Gasteiger partial charge in [0.1, 0.15) is 5.75 Å². The van der Waals surface area contributed by atoms with Crippen molar-refractivity contribution in [2.24, 2.45) is 0 Å². The van der Waals surface area contributed by atoms with E-state index in [4.69, 9.17) is 4.74 Å². The number of hydrogen-bond donors (Lipinski definition) is 0. The summed E-state index contributed by atoms with van der Waals surface area (Å²) in [6, 6.07) is 16.8. The van der Waals surface area contributed by atoms with Crippen LogP contribution >= 0.6 is 22.6 Å². The third-order valence-corrected chi connectivity index (χ3v) is 3.88. The first-order valence-corrected chi connectivity index (χ1v) is 6.87. The second-order valence-corrected chi connectivity index (χ2v) is 5.61. The Morgan fingerprint density at radius 2 is 2.00 bits per heavy atom. The second-order valence-electron chi connectivity index (χ2n) is 4.37. The van der Waals surface area contributed by atoms with Crippen LogP contribution in [0.4, 0.5) is 0 Å². The fourth-order valence-electron chi connectivity index (χ4n) is 2.26. The Bertz CT molecular complexity index is 536. The number of rotatable bonds is 3. The van der Waals surface area contributed by atoms with Gasteiger partial charge in [-0.3, -0.25) is 0 Å². The van der Waals surface area contributed by atoms with E-state index >= 15 is 0 Å². The Morgan fingerprint density at radius 3 is 2.82 bits per heavy atom. The Hall–Kier alpha value is -1.03. The van der Waals surface area contributed by atoms with Crippen LogP contribution in [0.5, 0.6) is 5.75 Å². The lowest BCUT2D eigenvalue weighted by molar-refractivity contribution is 0.275. The fourth-order valence-corrected chi connectivity index (χ4v) is 2.78. The van der Waals surface area contributed by atoms with Gasteiger partial charge in [0.05, 0.1) is 6.61 Å². The van der Waals surface area contributed by atoms with Crippen LogP contribution in [0.15, 0.2) is 48.5 Å². The van der Waals surface area contributed by atoms with Crippen LogP contribution in [0.2, 0.25) is 0 Å². The molecule has 2 heteroatoms. The predicted octanol–water partition coefficient (Wildman–Crippen LogP) is 4.01. The summed E-state index contributed by atoms with van der Waals surface area (Å²) in [6.07, 6.45) is 1.15. The molecular formula is C15H13IO. The minimum Gasteiger partial charge on any atom is -0.493 e. The average Bonchev–Trinajstić information content (AvgIpc) is 2.30. The molecule has 0 N–H and O–H groups in total. The van der Waals surface area contributed by atoms with Crippen LogP contribution in [-0.2, 0) is 6.42 Å². The summed E-state index contributed by atoms with van der Waals surface area (Å²) in [7, 11) is 0. The zero-order valence-corrected chi connectivity index (χ0v) is 11.6. The van der Waals surface area contributed by atoms with Gasteiger partial charge in [0.15, 0.2) is 0 Å². The van der Waals surface area contributed by atoms with Gasteiger partial charge in [-0.2, -0.15) is 0 Å². The molecule has 0 saturated carbocycles. The number of benzene rings is 2. The van der Waals surface area contributed by atoms with Crippen molar-refractivity contribution in [3.8, 4) is 5.75 Å². The third-order valence-electron chi connectivity index (χ3n) is 3.21. The number of ether oxygens (including phenoxy) is 1. The molecule has 0 aliphatic heterocycles. The molecular weight excluding hydrogens is 323 g/mol. The topological polar surface area (TPSA) is 9.23 Å². The fraction of sp³-hybridized carbons (Fsp3) is 0.200. The molecule has 0 saturated heterocycles. The number of hydrogen-bond acceptors (Lipinski definition) is 1. The van der Waals surface area contributed by atoms with E-state index in [0.29, 0.717) is 5.92 Å². The molecule has 86 valence electrons. The van der Waals surface area contributed by atoms with E-state index in [1.165, 1.54) is 14.7 Å². The van der Waals surface area contributed by atoms with Crippen molar-refractivity contribution in [1.82, 2.24) is 0 Å². The molecule has 0 radical (unpaired) electrons. The van der Waals surface area contributed by atoms with Gasteiger partial charge in [0.2, 0.25) is 0 Å². The van der Waals surface area contributed by atoms with Gasteiger partial charge in [-0.15, -0.1) is 0 Å². The molecule has 0 bridgehead atoms. The van der Waals surface area contributed by atoms with Crippen molar-refractivity contribution in [1.29, 1.82) is 0 Å². The molecule has 1 aliphatic rings. The highest BCUT2D eigenvalue weighted by Crippen LogP contribution is 2.35. The normalized spacial score (nSPS) is 17.1. The maximum Gasteiger partial charge on any atom is 0.120 e. The molecule has 3 rings (SSSR count). The van der Waals surface area contributed by atoms with Gasteiger partial charge in [-0.25, -0.2) is 0 Å². The van der Waals surface area contributed by atoms with Crippen LogP contribution in [0.3, 0.4) is 0 Å². The molecule has 2 aromatic rings. The first kappa shape index (κ1) is 11.1. The summed E-state index contributed by atoms with van der Waals surface area (Å²) < 4.78 is 7.06.